The van der Waals surface area contributed by atoms with Gasteiger partial charge in [-0.2, -0.15) is 0 Å². The maximum atomic E-state index is 9.30. The summed E-state index contributed by atoms with van der Waals surface area (Å²) < 4.78 is 0. The molecule has 14 heavy (non-hydrogen) atoms. The molecule has 1 aromatic rings. The van der Waals surface area contributed by atoms with Crippen molar-refractivity contribution in [3.8, 4) is 5.75 Å². The van der Waals surface area contributed by atoms with E-state index in [1.54, 1.807) is 37.5 Å². The predicted molar refractivity (Wildman–Crippen MR) is 57.9 cm³/mol. The lowest BCUT2D eigenvalue weighted by molar-refractivity contribution is 0.471. The molecule has 0 unspecified atom stereocenters. The van der Waals surface area contributed by atoms with Gasteiger partial charge < -0.3 is 15.8 Å². The van der Waals surface area contributed by atoms with E-state index < -0.39 is 0 Å². The van der Waals surface area contributed by atoms with Gasteiger partial charge in [-0.05, 0) is 48.5 Å². The normalized spacial score (nSPS) is 10.4. The lowest BCUT2D eigenvalue weighted by Crippen LogP contribution is -1.98. The summed E-state index contributed by atoms with van der Waals surface area (Å²) in [5.74, 6) is 0.263. The van der Waals surface area contributed by atoms with Gasteiger partial charge in [0, 0.05) is 7.05 Å². The van der Waals surface area contributed by atoms with E-state index in [1.165, 1.54) is 0 Å². The average Bonchev–Trinajstić information content (AvgIpc) is 2.18. The van der Waals surface area contributed by atoms with Gasteiger partial charge in [0.25, 0.3) is 0 Å². The molecule has 3 nitrogen and oxygen atoms in total. The lowest BCUT2D eigenvalue weighted by Gasteiger charge is -2.02. The van der Waals surface area contributed by atoms with Crippen molar-refractivity contribution in [2.75, 3.05) is 7.05 Å². The SMILES string of the molecule is CN/C=C\C(=N)c1ccc(O)c(C)c1. The van der Waals surface area contributed by atoms with Crippen LogP contribution in [0.2, 0.25) is 0 Å². The fourth-order valence-electron chi connectivity index (χ4n) is 1.09. The quantitative estimate of drug-likeness (QED) is 0.636. The maximum Gasteiger partial charge on any atom is 0.118 e. The van der Waals surface area contributed by atoms with Crippen LogP contribution in [0.15, 0.2) is 30.5 Å². The Morgan fingerprint density at radius 3 is 2.79 bits per heavy atom. The number of aromatic hydroxyl groups is 1. The summed E-state index contributed by atoms with van der Waals surface area (Å²) in [7, 11) is 1.78. The number of rotatable bonds is 3. The molecule has 3 N–H and O–H groups in total. The van der Waals surface area contributed by atoms with E-state index >= 15 is 0 Å². The van der Waals surface area contributed by atoms with Gasteiger partial charge >= 0.3 is 0 Å². The highest BCUT2D eigenvalue weighted by atomic mass is 16.3. The summed E-state index contributed by atoms with van der Waals surface area (Å²) in [5.41, 5.74) is 2.00. The highest BCUT2D eigenvalue weighted by molar-refractivity contribution is 6.06. The second-order valence-electron chi connectivity index (χ2n) is 3.04. The third-order valence-corrected chi connectivity index (χ3v) is 1.92. The standard InChI is InChI=1S/C11H14N2O/c1-8-7-9(3-4-11(8)14)10(12)5-6-13-2/h3-7,12-14H,1-2H3/b6-5-,12-10?. The fraction of sp³-hybridized carbons (Fsp3) is 0.182. The molecule has 0 bridgehead atoms. The Labute approximate surface area is 83.6 Å². The first-order chi connectivity index (χ1) is 6.65. The molecule has 0 aliphatic carbocycles. The molecular weight excluding hydrogens is 176 g/mol. The fourth-order valence-corrected chi connectivity index (χ4v) is 1.09. The molecule has 0 aromatic heterocycles. The van der Waals surface area contributed by atoms with E-state index in [-0.39, 0.29) is 5.75 Å². The minimum Gasteiger partial charge on any atom is -0.508 e. The van der Waals surface area contributed by atoms with Crippen molar-refractivity contribution in [1.82, 2.24) is 5.32 Å². The number of hydrogen-bond acceptors (Lipinski definition) is 3. The number of nitrogens with one attached hydrogen (secondary N) is 2. The van der Waals surface area contributed by atoms with Crippen molar-refractivity contribution in [3.63, 3.8) is 0 Å². The number of benzene rings is 1. The number of aryl methyl sites for hydroxylation is 1. The smallest absolute Gasteiger partial charge is 0.118 e. The van der Waals surface area contributed by atoms with E-state index in [1.807, 2.05) is 6.92 Å². The summed E-state index contributed by atoms with van der Waals surface area (Å²) in [6.07, 6.45) is 3.37. The Balaban J connectivity index is 2.91. The van der Waals surface area contributed by atoms with E-state index in [2.05, 4.69) is 5.32 Å². The second kappa shape index (κ2) is 4.46. The molecule has 0 radical (unpaired) electrons. The molecule has 0 atom stereocenters. The number of phenols is 1. The Morgan fingerprint density at radius 2 is 2.21 bits per heavy atom. The van der Waals surface area contributed by atoms with Crippen LogP contribution in [-0.2, 0) is 0 Å². The Hall–Kier alpha value is -1.77. The Morgan fingerprint density at radius 1 is 1.50 bits per heavy atom. The first kappa shape index (κ1) is 10.3. The first-order valence-electron chi connectivity index (χ1n) is 4.37. The molecule has 74 valence electrons. The van der Waals surface area contributed by atoms with Crippen molar-refractivity contribution >= 4 is 5.71 Å². The van der Waals surface area contributed by atoms with Gasteiger partial charge in [-0.15, -0.1) is 0 Å². The average molecular weight is 190 g/mol. The van der Waals surface area contributed by atoms with Crippen molar-refractivity contribution < 1.29 is 5.11 Å². The van der Waals surface area contributed by atoms with Crippen LogP contribution < -0.4 is 5.32 Å². The molecule has 0 amide bonds. The topological polar surface area (TPSA) is 56.1 Å². The predicted octanol–water partition coefficient (Wildman–Crippen LogP) is 1.80. The molecule has 3 heteroatoms. The van der Waals surface area contributed by atoms with Gasteiger partial charge in [-0.25, -0.2) is 0 Å². The second-order valence-corrected chi connectivity index (χ2v) is 3.04. The van der Waals surface area contributed by atoms with Crippen molar-refractivity contribution in [2.24, 2.45) is 0 Å². The van der Waals surface area contributed by atoms with Gasteiger partial charge in [0.2, 0.25) is 0 Å². The third-order valence-electron chi connectivity index (χ3n) is 1.92. The summed E-state index contributed by atoms with van der Waals surface area (Å²) in [6, 6.07) is 5.12. The molecule has 0 saturated carbocycles. The van der Waals surface area contributed by atoms with E-state index in [0.717, 1.165) is 11.1 Å². The van der Waals surface area contributed by atoms with Crippen molar-refractivity contribution in [2.45, 2.75) is 6.92 Å². The summed E-state index contributed by atoms with van der Waals surface area (Å²) in [4.78, 5) is 0. The molecule has 0 saturated heterocycles. The minimum atomic E-state index is 0.263. The van der Waals surface area contributed by atoms with Gasteiger partial charge in [0.15, 0.2) is 0 Å². The molecule has 0 aliphatic rings. The largest absolute Gasteiger partial charge is 0.508 e. The highest BCUT2D eigenvalue weighted by Gasteiger charge is 2.00. The molecule has 1 rings (SSSR count). The Bertz CT molecular complexity index is 370. The van der Waals surface area contributed by atoms with Gasteiger partial charge in [0.05, 0.1) is 5.71 Å². The minimum absolute atomic E-state index is 0.263. The van der Waals surface area contributed by atoms with Crippen LogP contribution in [0, 0.1) is 12.3 Å². The van der Waals surface area contributed by atoms with Crippen LogP contribution in [0.3, 0.4) is 0 Å². The maximum absolute atomic E-state index is 9.30. The first-order valence-corrected chi connectivity index (χ1v) is 4.37. The van der Waals surface area contributed by atoms with E-state index in [0.29, 0.717) is 5.71 Å². The number of allylic oxidation sites excluding steroid dienone is 1. The number of hydrogen-bond donors (Lipinski definition) is 3. The van der Waals surface area contributed by atoms with Crippen LogP contribution in [0.25, 0.3) is 0 Å². The monoisotopic (exact) mass is 190 g/mol. The van der Waals surface area contributed by atoms with Gasteiger partial charge in [-0.3, -0.25) is 0 Å². The van der Waals surface area contributed by atoms with Gasteiger partial charge in [-0.1, -0.05) is 0 Å². The van der Waals surface area contributed by atoms with Crippen molar-refractivity contribution in [1.29, 1.82) is 5.41 Å². The van der Waals surface area contributed by atoms with Crippen LogP contribution >= 0.6 is 0 Å². The Kier molecular flexibility index (Phi) is 3.29. The van der Waals surface area contributed by atoms with E-state index in [9.17, 15) is 5.11 Å². The highest BCUT2D eigenvalue weighted by Crippen LogP contribution is 2.17. The number of phenolic OH excluding ortho intramolecular Hbond substituents is 1. The van der Waals surface area contributed by atoms with Crippen LogP contribution in [0.5, 0.6) is 5.75 Å². The van der Waals surface area contributed by atoms with Crippen LogP contribution in [-0.4, -0.2) is 17.9 Å². The van der Waals surface area contributed by atoms with E-state index in [4.69, 9.17) is 5.41 Å². The molecule has 0 spiro atoms. The molecule has 1 aromatic carbocycles. The van der Waals surface area contributed by atoms with Gasteiger partial charge in [0.1, 0.15) is 5.75 Å². The van der Waals surface area contributed by atoms with Crippen LogP contribution in [0.4, 0.5) is 0 Å². The van der Waals surface area contributed by atoms with Crippen molar-refractivity contribution in [3.05, 3.63) is 41.6 Å². The molecule has 0 heterocycles. The van der Waals surface area contributed by atoms with Crippen LogP contribution in [0.1, 0.15) is 11.1 Å². The summed E-state index contributed by atoms with van der Waals surface area (Å²) >= 11 is 0. The molecule has 0 aliphatic heterocycles. The summed E-state index contributed by atoms with van der Waals surface area (Å²) in [6.45, 7) is 1.81. The lowest BCUT2D eigenvalue weighted by atomic mass is 10.1. The molecule has 0 fully saturated rings. The zero-order valence-electron chi connectivity index (χ0n) is 8.33. The summed E-state index contributed by atoms with van der Waals surface area (Å²) in [5, 5.41) is 19.8. The third kappa shape index (κ3) is 2.36. The zero-order chi connectivity index (χ0) is 10.6. The molecular formula is C11H14N2O. The zero-order valence-corrected chi connectivity index (χ0v) is 8.33.